The van der Waals surface area contributed by atoms with Crippen LogP contribution in [0.3, 0.4) is 0 Å². The highest BCUT2D eigenvalue weighted by atomic mass is 16.3. The van der Waals surface area contributed by atoms with Gasteiger partial charge in [-0.25, -0.2) is 0 Å². The molecule has 0 saturated heterocycles. The van der Waals surface area contributed by atoms with Crippen LogP contribution in [-0.4, -0.2) is 22.7 Å². The molecule has 17 heavy (non-hydrogen) atoms. The summed E-state index contributed by atoms with van der Waals surface area (Å²) >= 11 is 0. The Morgan fingerprint density at radius 1 is 1.29 bits per heavy atom. The number of fused-ring (bicyclic) bond motifs is 1. The Morgan fingerprint density at radius 2 is 2.18 bits per heavy atom. The molecule has 1 fully saturated rings. The lowest BCUT2D eigenvalue weighted by Gasteiger charge is -2.31. The molecule has 1 aliphatic rings. The quantitative estimate of drug-likeness (QED) is 0.752. The molecule has 1 aromatic carbocycles. The fourth-order valence-corrected chi connectivity index (χ4v) is 2.49. The number of aromatic amines is 1. The summed E-state index contributed by atoms with van der Waals surface area (Å²) in [5.41, 5.74) is 2.50. The fraction of sp³-hybridized carbons (Fsp3) is 0.429. The van der Waals surface area contributed by atoms with Crippen LogP contribution in [-0.2, 0) is 6.54 Å². The van der Waals surface area contributed by atoms with Gasteiger partial charge in [0.05, 0.1) is 6.10 Å². The van der Waals surface area contributed by atoms with E-state index in [4.69, 9.17) is 0 Å². The van der Waals surface area contributed by atoms with Crippen LogP contribution in [0.4, 0.5) is 0 Å². The van der Waals surface area contributed by atoms with E-state index in [0.29, 0.717) is 5.92 Å². The van der Waals surface area contributed by atoms with Crippen molar-refractivity contribution in [3.05, 3.63) is 36.0 Å². The van der Waals surface area contributed by atoms with Crippen LogP contribution in [0.15, 0.2) is 30.5 Å². The lowest BCUT2D eigenvalue weighted by Crippen LogP contribution is -2.35. The van der Waals surface area contributed by atoms with E-state index in [-0.39, 0.29) is 6.10 Å². The first-order chi connectivity index (χ1) is 8.31. The van der Waals surface area contributed by atoms with Gasteiger partial charge in [-0.05, 0) is 48.4 Å². The first-order valence-electron chi connectivity index (χ1n) is 6.26. The van der Waals surface area contributed by atoms with Gasteiger partial charge in [0.1, 0.15) is 0 Å². The number of aromatic nitrogens is 1. The number of aliphatic hydroxyl groups is 1. The maximum atomic E-state index is 9.20. The Balaban J connectivity index is 1.53. The minimum absolute atomic E-state index is 0.0444. The molecule has 0 unspecified atom stereocenters. The SMILES string of the molecule is OC1CC(CNCc2ccc3cc[nH]c3c2)C1. The van der Waals surface area contributed by atoms with Crippen molar-refractivity contribution in [3.8, 4) is 0 Å². The Kier molecular flexibility index (Phi) is 2.87. The second kappa shape index (κ2) is 4.51. The molecule has 3 N–H and O–H groups in total. The van der Waals surface area contributed by atoms with Crippen LogP contribution in [0.5, 0.6) is 0 Å². The topological polar surface area (TPSA) is 48.0 Å². The number of hydrogen-bond donors (Lipinski definition) is 3. The molecule has 0 radical (unpaired) electrons. The van der Waals surface area contributed by atoms with E-state index in [0.717, 1.165) is 25.9 Å². The minimum atomic E-state index is -0.0444. The van der Waals surface area contributed by atoms with Crippen LogP contribution in [0, 0.1) is 5.92 Å². The molecule has 1 heterocycles. The lowest BCUT2D eigenvalue weighted by molar-refractivity contribution is 0.0430. The molecule has 0 aliphatic heterocycles. The van der Waals surface area contributed by atoms with E-state index in [1.54, 1.807) is 0 Å². The normalized spacial score (nSPS) is 23.8. The summed E-state index contributed by atoms with van der Waals surface area (Å²) in [6, 6.07) is 8.59. The molecule has 3 nitrogen and oxygen atoms in total. The molecule has 0 bridgehead atoms. The zero-order valence-corrected chi connectivity index (χ0v) is 9.82. The maximum absolute atomic E-state index is 9.20. The van der Waals surface area contributed by atoms with Gasteiger partial charge in [0.15, 0.2) is 0 Å². The smallest absolute Gasteiger partial charge is 0.0546 e. The van der Waals surface area contributed by atoms with Gasteiger partial charge in [-0.1, -0.05) is 12.1 Å². The van der Waals surface area contributed by atoms with Crippen LogP contribution >= 0.6 is 0 Å². The van der Waals surface area contributed by atoms with Crippen molar-refractivity contribution in [2.45, 2.75) is 25.5 Å². The zero-order valence-electron chi connectivity index (χ0n) is 9.82. The largest absolute Gasteiger partial charge is 0.393 e. The molecule has 0 amide bonds. The molecule has 1 saturated carbocycles. The molecule has 0 atom stereocenters. The first kappa shape index (κ1) is 10.8. The lowest BCUT2D eigenvalue weighted by atomic mass is 9.82. The molecule has 2 aromatic rings. The number of hydrogen-bond acceptors (Lipinski definition) is 2. The van der Waals surface area contributed by atoms with Gasteiger partial charge < -0.3 is 15.4 Å². The summed E-state index contributed by atoms with van der Waals surface area (Å²) in [5.74, 6) is 0.666. The first-order valence-corrected chi connectivity index (χ1v) is 6.26. The highest BCUT2D eigenvalue weighted by Gasteiger charge is 2.26. The second-order valence-corrected chi connectivity index (χ2v) is 5.02. The van der Waals surface area contributed by atoms with Gasteiger partial charge in [0.25, 0.3) is 0 Å². The van der Waals surface area contributed by atoms with Gasteiger partial charge in [-0.3, -0.25) is 0 Å². The molecule has 90 valence electrons. The summed E-state index contributed by atoms with van der Waals surface area (Å²) in [6.45, 7) is 1.92. The zero-order chi connectivity index (χ0) is 11.7. The van der Waals surface area contributed by atoms with Gasteiger partial charge in [0.2, 0.25) is 0 Å². The summed E-state index contributed by atoms with van der Waals surface area (Å²) in [7, 11) is 0. The van der Waals surface area contributed by atoms with Crippen LogP contribution in [0.25, 0.3) is 10.9 Å². The third-order valence-corrected chi connectivity index (χ3v) is 3.59. The van der Waals surface area contributed by atoms with Gasteiger partial charge in [-0.15, -0.1) is 0 Å². The number of nitrogens with one attached hydrogen (secondary N) is 2. The van der Waals surface area contributed by atoms with Crippen molar-refractivity contribution in [2.75, 3.05) is 6.54 Å². The number of H-pyrrole nitrogens is 1. The average Bonchev–Trinajstić information content (AvgIpc) is 2.73. The molecular weight excluding hydrogens is 212 g/mol. The van der Waals surface area contributed by atoms with Crippen molar-refractivity contribution in [1.29, 1.82) is 0 Å². The Labute approximate surface area is 101 Å². The molecule has 3 heteroatoms. The summed E-state index contributed by atoms with van der Waals surface area (Å²) in [6.07, 6.45) is 3.85. The third kappa shape index (κ3) is 2.35. The monoisotopic (exact) mass is 230 g/mol. The highest BCUT2D eigenvalue weighted by molar-refractivity contribution is 5.79. The molecule has 0 spiro atoms. The Hall–Kier alpha value is -1.32. The van der Waals surface area contributed by atoms with Crippen molar-refractivity contribution >= 4 is 10.9 Å². The van der Waals surface area contributed by atoms with E-state index >= 15 is 0 Å². The number of benzene rings is 1. The molecule has 3 rings (SSSR count). The maximum Gasteiger partial charge on any atom is 0.0546 e. The van der Waals surface area contributed by atoms with Crippen LogP contribution < -0.4 is 5.32 Å². The molecular formula is C14H18N2O. The van der Waals surface area contributed by atoms with Crippen molar-refractivity contribution in [1.82, 2.24) is 10.3 Å². The Bertz CT molecular complexity index is 500. The average molecular weight is 230 g/mol. The predicted molar refractivity (Wildman–Crippen MR) is 68.7 cm³/mol. The van der Waals surface area contributed by atoms with Crippen LogP contribution in [0.1, 0.15) is 18.4 Å². The minimum Gasteiger partial charge on any atom is -0.393 e. The molecule has 1 aliphatic carbocycles. The Morgan fingerprint density at radius 3 is 3.00 bits per heavy atom. The standard InChI is InChI=1S/C14H18N2O/c17-13-5-11(6-13)9-15-8-10-1-2-12-3-4-16-14(12)7-10/h1-4,7,11,13,15-17H,5-6,8-9H2. The van der Waals surface area contributed by atoms with E-state index in [2.05, 4.69) is 34.6 Å². The van der Waals surface area contributed by atoms with E-state index in [9.17, 15) is 5.11 Å². The van der Waals surface area contributed by atoms with Crippen molar-refractivity contribution < 1.29 is 5.11 Å². The summed E-state index contributed by atoms with van der Waals surface area (Å²) in [4.78, 5) is 3.23. The highest BCUT2D eigenvalue weighted by Crippen LogP contribution is 2.26. The fourth-order valence-electron chi connectivity index (χ4n) is 2.49. The van der Waals surface area contributed by atoms with Gasteiger partial charge in [0, 0.05) is 18.3 Å². The van der Waals surface area contributed by atoms with Crippen LogP contribution in [0.2, 0.25) is 0 Å². The number of aliphatic hydroxyl groups excluding tert-OH is 1. The van der Waals surface area contributed by atoms with Crippen molar-refractivity contribution in [2.24, 2.45) is 5.92 Å². The molecule has 1 aromatic heterocycles. The van der Waals surface area contributed by atoms with E-state index in [1.807, 2.05) is 6.20 Å². The second-order valence-electron chi connectivity index (χ2n) is 5.02. The predicted octanol–water partition coefficient (Wildman–Crippen LogP) is 2.03. The summed E-state index contributed by atoms with van der Waals surface area (Å²) < 4.78 is 0. The number of rotatable bonds is 4. The van der Waals surface area contributed by atoms with Gasteiger partial charge >= 0.3 is 0 Å². The van der Waals surface area contributed by atoms with Gasteiger partial charge in [-0.2, -0.15) is 0 Å². The van der Waals surface area contributed by atoms with E-state index in [1.165, 1.54) is 16.5 Å². The van der Waals surface area contributed by atoms with E-state index < -0.39 is 0 Å². The summed E-state index contributed by atoms with van der Waals surface area (Å²) in [5, 5.41) is 13.9. The van der Waals surface area contributed by atoms with Crippen molar-refractivity contribution in [3.63, 3.8) is 0 Å². The third-order valence-electron chi connectivity index (χ3n) is 3.59.